The van der Waals surface area contributed by atoms with Crippen molar-refractivity contribution in [2.24, 2.45) is 5.73 Å². The van der Waals surface area contributed by atoms with Gasteiger partial charge in [-0.2, -0.15) is 16.8 Å². The first-order valence-electron chi connectivity index (χ1n) is 7.23. The number of fused-ring (bicyclic) bond motifs is 1. The zero-order valence-corrected chi connectivity index (χ0v) is 15.2. The number of benzene rings is 1. The lowest BCUT2D eigenvalue weighted by molar-refractivity contribution is 0.0889. The summed E-state index contributed by atoms with van der Waals surface area (Å²) in [5.41, 5.74) is 6.28. The van der Waals surface area contributed by atoms with E-state index in [1.165, 1.54) is 0 Å². The van der Waals surface area contributed by atoms with Crippen molar-refractivity contribution in [3.8, 4) is 5.75 Å². The number of aromatic hydroxyl groups is 1. The zero-order valence-electron chi connectivity index (χ0n) is 13.5. The molecule has 150 valence electrons. The molecular weight excluding hydrogens is 420 g/mol. The molecule has 0 bridgehead atoms. The molecule has 2 atom stereocenters. The molecule has 28 heavy (non-hydrogen) atoms. The number of carbonyl (C=O) groups is 2. The van der Waals surface area contributed by atoms with Crippen LogP contribution in [0, 0.1) is 0 Å². The lowest BCUT2D eigenvalue weighted by Crippen LogP contribution is -2.58. The van der Waals surface area contributed by atoms with Gasteiger partial charge in [0.25, 0.3) is 10.1 Å². The fraction of sp³-hybridized carbons (Fsp3) is 0.143. The number of nitrogens with two attached hydrogens (primary N) is 2. The van der Waals surface area contributed by atoms with Gasteiger partial charge >= 0.3 is 10.1 Å². The average molecular weight is 432 g/mol. The second-order valence-electron chi connectivity index (χ2n) is 6.06. The third kappa shape index (κ3) is 2.39. The van der Waals surface area contributed by atoms with Crippen LogP contribution in [0.2, 0.25) is 0 Å². The lowest BCUT2D eigenvalue weighted by Gasteiger charge is -2.38. The third-order valence-corrected chi connectivity index (χ3v) is 6.96. The summed E-state index contributed by atoms with van der Waals surface area (Å²) < 4.78 is 66.1. The molecule has 1 aromatic rings. The molecule has 1 aromatic carbocycles. The van der Waals surface area contributed by atoms with E-state index in [9.17, 15) is 45.7 Å². The van der Waals surface area contributed by atoms with Crippen molar-refractivity contribution < 1.29 is 45.7 Å². The molecule has 0 saturated heterocycles. The summed E-state index contributed by atoms with van der Waals surface area (Å²) in [7, 11) is -11.3. The zero-order chi connectivity index (χ0) is 21.4. The number of rotatable bonds is 2. The molecule has 0 heterocycles. The lowest BCUT2D eigenvalue weighted by atomic mass is 9.76. The minimum atomic E-state index is -5.85. The van der Waals surface area contributed by atoms with E-state index in [0.29, 0.717) is 6.08 Å². The monoisotopic (exact) mass is 432 g/mol. The van der Waals surface area contributed by atoms with E-state index in [4.69, 9.17) is 11.5 Å². The van der Waals surface area contributed by atoms with Gasteiger partial charge in [0.05, 0.1) is 22.3 Å². The highest BCUT2D eigenvalue weighted by Gasteiger charge is 2.63. The molecule has 0 amide bonds. The average Bonchev–Trinajstić information content (AvgIpc) is 2.54. The van der Waals surface area contributed by atoms with Crippen molar-refractivity contribution in [3.63, 3.8) is 0 Å². The molecule has 12 nitrogen and oxygen atoms in total. The largest absolute Gasteiger partial charge is 0.507 e. The second-order valence-corrected chi connectivity index (χ2v) is 9.17. The number of anilines is 1. The van der Waals surface area contributed by atoms with Crippen molar-refractivity contribution in [1.29, 1.82) is 0 Å². The number of phenolic OH excluding ortho intramolecular Hbond substituents is 1. The molecule has 0 aromatic heterocycles. The first kappa shape index (κ1) is 20.0. The molecule has 0 spiro atoms. The number of phenols is 1. The fourth-order valence-corrected chi connectivity index (χ4v) is 5.63. The van der Waals surface area contributed by atoms with Gasteiger partial charge in [-0.1, -0.05) is 0 Å². The van der Waals surface area contributed by atoms with Crippen LogP contribution in [0.3, 0.4) is 0 Å². The Kier molecular flexibility index (Phi) is 4.01. The van der Waals surface area contributed by atoms with Gasteiger partial charge in [-0.05, 0) is 18.2 Å². The van der Waals surface area contributed by atoms with Crippen molar-refractivity contribution in [2.45, 2.75) is 10.2 Å². The van der Waals surface area contributed by atoms with Gasteiger partial charge < -0.3 is 21.7 Å². The molecule has 8 N–H and O–H groups in total. The Hall–Kier alpha value is -2.78. The van der Waals surface area contributed by atoms with E-state index in [0.717, 1.165) is 12.1 Å². The molecular formula is C14H12N2O10S2. The Balaban J connectivity index is 2.52. The van der Waals surface area contributed by atoms with E-state index >= 15 is 0 Å². The molecule has 0 aliphatic heterocycles. The van der Waals surface area contributed by atoms with E-state index in [1.807, 2.05) is 0 Å². The van der Waals surface area contributed by atoms with Crippen molar-refractivity contribution in [2.75, 3.05) is 5.73 Å². The topological polar surface area (TPSA) is 235 Å². The van der Waals surface area contributed by atoms with Gasteiger partial charge in [-0.15, -0.1) is 0 Å². The Bertz CT molecular complexity index is 1240. The minimum Gasteiger partial charge on any atom is -0.507 e. The Morgan fingerprint density at radius 3 is 2.04 bits per heavy atom. The maximum atomic E-state index is 13.0. The number of aliphatic hydroxyl groups is 1. The Morgan fingerprint density at radius 2 is 1.54 bits per heavy atom. The van der Waals surface area contributed by atoms with E-state index in [2.05, 4.69) is 0 Å². The van der Waals surface area contributed by atoms with E-state index < -0.39 is 81.4 Å². The number of allylic oxidation sites excluding steroid dienone is 1. The van der Waals surface area contributed by atoms with Gasteiger partial charge in [0.15, 0.2) is 16.8 Å². The SMILES string of the molecule is NC1=CC(S(=O)(=O)O)C(O)(S(=O)(=O)O)C2=C1C(=O)c1c(O)ccc(N)c1C2=O. The first-order chi connectivity index (χ1) is 12.6. The molecule has 2 aliphatic rings. The van der Waals surface area contributed by atoms with Crippen LogP contribution in [-0.2, 0) is 20.2 Å². The number of hydrogen-bond acceptors (Lipinski definition) is 10. The molecule has 3 rings (SSSR count). The van der Waals surface area contributed by atoms with Crippen molar-refractivity contribution >= 4 is 37.5 Å². The van der Waals surface area contributed by atoms with Crippen molar-refractivity contribution in [1.82, 2.24) is 0 Å². The summed E-state index contributed by atoms with van der Waals surface area (Å²) in [4.78, 5) is 21.8. The summed E-state index contributed by atoms with van der Waals surface area (Å²) in [6.07, 6.45) is 0.293. The highest BCUT2D eigenvalue weighted by atomic mass is 32.2. The van der Waals surface area contributed by atoms with Crippen LogP contribution in [0.5, 0.6) is 5.75 Å². The summed E-state index contributed by atoms with van der Waals surface area (Å²) in [6, 6.07) is 1.98. The van der Waals surface area contributed by atoms with Crippen molar-refractivity contribution in [3.05, 3.63) is 46.2 Å². The summed E-state index contributed by atoms with van der Waals surface area (Å²) >= 11 is 0. The summed E-state index contributed by atoms with van der Waals surface area (Å²) in [5.74, 6) is -3.45. The smallest absolute Gasteiger partial charge is 0.301 e. The van der Waals surface area contributed by atoms with Crippen LogP contribution in [0.25, 0.3) is 0 Å². The van der Waals surface area contributed by atoms with Gasteiger partial charge in [0, 0.05) is 11.4 Å². The van der Waals surface area contributed by atoms with Crippen LogP contribution in [-0.4, -0.2) is 57.9 Å². The molecule has 14 heteroatoms. The Morgan fingerprint density at radius 1 is 0.964 bits per heavy atom. The van der Waals surface area contributed by atoms with Crippen LogP contribution in [0.1, 0.15) is 20.7 Å². The number of carbonyl (C=O) groups excluding carboxylic acids is 2. The third-order valence-electron chi connectivity index (χ3n) is 4.45. The minimum absolute atomic E-state index is 0.293. The molecule has 0 fully saturated rings. The van der Waals surface area contributed by atoms with Crippen LogP contribution >= 0.6 is 0 Å². The molecule has 2 aliphatic carbocycles. The number of Topliss-reactive ketones (excluding diaryl/α,β-unsaturated/α-hetero) is 2. The van der Waals surface area contributed by atoms with Gasteiger partial charge in [0.2, 0.25) is 4.93 Å². The van der Waals surface area contributed by atoms with E-state index in [-0.39, 0.29) is 0 Å². The standard InChI is InChI=1S/C14H12N2O10S2/c15-4-1-2-6(17)10-8(4)13(19)11-9(12(10)18)5(16)3-7(27(21,22)23)14(11,20)28(24,25)26/h1-3,7,17,20H,15-16H2,(H,21,22,23)(H,24,25,26). The van der Waals surface area contributed by atoms with E-state index in [1.54, 1.807) is 0 Å². The number of ketones is 2. The van der Waals surface area contributed by atoms with Gasteiger partial charge in [0.1, 0.15) is 5.75 Å². The normalized spacial score (nSPS) is 25.2. The second kappa shape index (κ2) is 5.62. The highest BCUT2D eigenvalue weighted by molar-refractivity contribution is 7.91. The fourth-order valence-electron chi connectivity index (χ4n) is 3.24. The summed E-state index contributed by atoms with van der Waals surface area (Å²) in [6.45, 7) is 0. The van der Waals surface area contributed by atoms with Gasteiger partial charge in [-0.25, -0.2) is 0 Å². The first-order valence-corrected chi connectivity index (χ1v) is 10.2. The highest BCUT2D eigenvalue weighted by Crippen LogP contribution is 2.46. The number of hydrogen-bond donors (Lipinski definition) is 6. The summed E-state index contributed by atoms with van der Waals surface area (Å²) in [5, 5.41) is 17.8. The Labute approximate surface area is 157 Å². The maximum Gasteiger partial charge on any atom is 0.301 e. The number of nitrogen functional groups attached to an aromatic ring is 1. The predicted octanol–water partition coefficient (Wildman–Crippen LogP) is -1.66. The van der Waals surface area contributed by atoms with Crippen LogP contribution < -0.4 is 11.5 Å². The quantitative estimate of drug-likeness (QED) is 0.175. The molecule has 0 radical (unpaired) electrons. The maximum absolute atomic E-state index is 13.0. The predicted molar refractivity (Wildman–Crippen MR) is 92.3 cm³/mol. The molecule has 2 unspecified atom stereocenters. The van der Waals surface area contributed by atoms with Gasteiger partial charge in [-0.3, -0.25) is 18.7 Å². The molecule has 0 saturated carbocycles. The van der Waals surface area contributed by atoms with Crippen LogP contribution in [0.15, 0.2) is 35.1 Å². The van der Waals surface area contributed by atoms with Crippen LogP contribution in [0.4, 0.5) is 5.69 Å².